The Bertz CT molecular complexity index is 415. The minimum atomic E-state index is 0.0698. The molecule has 0 saturated carbocycles. The van der Waals surface area contributed by atoms with Gasteiger partial charge in [0.25, 0.3) is 0 Å². The summed E-state index contributed by atoms with van der Waals surface area (Å²) in [7, 11) is 5.51. The van der Waals surface area contributed by atoms with Crippen LogP contribution in [0, 0.1) is 11.7 Å². The summed E-state index contributed by atoms with van der Waals surface area (Å²) in [5, 5.41) is 6.24. The number of amides is 1. The van der Waals surface area contributed by atoms with E-state index in [1.165, 1.54) is 0 Å². The highest BCUT2D eigenvalue weighted by Gasteiger charge is 2.00. The summed E-state index contributed by atoms with van der Waals surface area (Å²) in [5.41, 5.74) is 0. The van der Waals surface area contributed by atoms with Gasteiger partial charge in [-0.2, -0.15) is 5.82 Å². The Morgan fingerprint density at radius 1 is 1.07 bits per heavy atom. The van der Waals surface area contributed by atoms with E-state index in [4.69, 9.17) is 9.47 Å². The number of unbranched alkanes of at least 4 members (excludes halogenated alkanes) is 1. The van der Waals surface area contributed by atoms with Gasteiger partial charge in [-0.05, 0) is 12.8 Å². The molecule has 1 radical (unpaired) electrons. The first-order valence-electron chi connectivity index (χ1n) is 9.74. The van der Waals surface area contributed by atoms with E-state index in [1.54, 1.807) is 10.8 Å². The summed E-state index contributed by atoms with van der Waals surface area (Å²) >= 11 is 0. The van der Waals surface area contributed by atoms with Crippen molar-refractivity contribution in [3.8, 4) is 11.7 Å². The van der Waals surface area contributed by atoms with Crippen LogP contribution in [0.1, 0.15) is 47.0 Å². The average Bonchev–Trinajstić information content (AvgIpc) is 2.61. The van der Waals surface area contributed by atoms with Crippen LogP contribution in [-0.2, 0) is 14.3 Å². The van der Waals surface area contributed by atoms with Crippen LogP contribution >= 0.6 is 21.6 Å². The molecule has 0 aromatic rings. The van der Waals surface area contributed by atoms with Crippen molar-refractivity contribution in [3.63, 3.8) is 0 Å². The number of nitrogens with one attached hydrogen (secondary N) is 2. The fourth-order valence-corrected chi connectivity index (χ4v) is 3.39. The molecule has 155 valence electrons. The smallest absolute Gasteiger partial charge is 0.220 e. The number of carbonyl (C=O) groups is 1. The Morgan fingerprint density at radius 2 is 1.89 bits per heavy atom. The molecule has 1 amide bonds. The molecule has 0 aromatic heterocycles. The molecule has 0 saturated heterocycles. The molecule has 0 unspecified atom stereocenters. The first-order valence-corrected chi connectivity index (χ1v) is 12.2. The lowest BCUT2D eigenvalue weighted by atomic mass is 9.67. The number of hydrogen-bond acceptors (Lipinski definition) is 6. The Kier molecular flexibility index (Phi) is 20.2. The van der Waals surface area contributed by atoms with Crippen molar-refractivity contribution in [1.29, 1.82) is 0 Å². The maximum atomic E-state index is 11.7. The second-order valence-corrected chi connectivity index (χ2v) is 9.20. The third kappa shape index (κ3) is 23.6. The average molecular weight is 415 g/mol. The molecular weight excluding hydrogens is 379 g/mol. The van der Waals surface area contributed by atoms with E-state index in [9.17, 15) is 4.79 Å². The Hall–Kier alpha value is -0.325. The highest BCUT2D eigenvalue weighted by atomic mass is 33.1. The molecule has 27 heavy (non-hydrogen) atoms. The molecule has 0 aliphatic carbocycles. The van der Waals surface area contributed by atoms with E-state index in [0.717, 1.165) is 25.1 Å². The van der Waals surface area contributed by atoms with Gasteiger partial charge in [-0.25, -0.2) is 0 Å². The zero-order valence-electron chi connectivity index (χ0n) is 17.3. The fourth-order valence-electron chi connectivity index (χ4n) is 1.81. The van der Waals surface area contributed by atoms with Crippen LogP contribution in [0.2, 0.25) is 5.82 Å². The minimum absolute atomic E-state index is 0.0698. The maximum absolute atomic E-state index is 11.7. The molecule has 0 bridgehead atoms. The highest BCUT2D eigenvalue weighted by molar-refractivity contribution is 8.76. The maximum Gasteiger partial charge on any atom is 0.220 e. The zero-order valence-corrected chi connectivity index (χ0v) is 19.0. The van der Waals surface area contributed by atoms with Gasteiger partial charge in [0, 0.05) is 37.9 Å². The normalized spacial score (nSPS) is 10.7. The molecule has 0 spiro atoms. The van der Waals surface area contributed by atoms with Crippen LogP contribution in [0.4, 0.5) is 0 Å². The zero-order chi connectivity index (χ0) is 20.2. The van der Waals surface area contributed by atoms with E-state index in [2.05, 4.69) is 50.1 Å². The highest BCUT2D eigenvalue weighted by Crippen LogP contribution is 2.20. The predicted molar refractivity (Wildman–Crippen MR) is 120 cm³/mol. The van der Waals surface area contributed by atoms with Gasteiger partial charge in [0.05, 0.1) is 6.61 Å². The summed E-state index contributed by atoms with van der Waals surface area (Å²) in [6.07, 6.45) is 2.29. The molecular formula is C19H36BN2O3S2. The van der Waals surface area contributed by atoms with E-state index >= 15 is 0 Å². The van der Waals surface area contributed by atoms with Crippen molar-refractivity contribution in [3.05, 3.63) is 0 Å². The first kappa shape index (κ1) is 26.7. The van der Waals surface area contributed by atoms with Gasteiger partial charge >= 0.3 is 0 Å². The van der Waals surface area contributed by atoms with Crippen molar-refractivity contribution < 1.29 is 14.3 Å². The monoisotopic (exact) mass is 415 g/mol. The van der Waals surface area contributed by atoms with Gasteiger partial charge in [0.15, 0.2) is 0 Å². The molecule has 5 nitrogen and oxygen atoms in total. The summed E-state index contributed by atoms with van der Waals surface area (Å²) in [6.45, 7) is 11.6. The number of hydrogen-bond donors (Lipinski definition) is 2. The van der Waals surface area contributed by atoms with Gasteiger partial charge in [-0.15, -0.1) is 0 Å². The van der Waals surface area contributed by atoms with Crippen molar-refractivity contribution in [2.45, 2.75) is 58.8 Å². The lowest BCUT2D eigenvalue weighted by Gasteiger charge is -2.07. The van der Waals surface area contributed by atoms with Crippen LogP contribution < -0.4 is 10.6 Å². The van der Waals surface area contributed by atoms with Crippen LogP contribution in [0.5, 0.6) is 0 Å². The molecule has 2 N–H and O–H groups in total. The van der Waals surface area contributed by atoms with Crippen LogP contribution in [0.3, 0.4) is 0 Å². The van der Waals surface area contributed by atoms with Gasteiger partial charge in [-0.1, -0.05) is 61.0 Å². The molecule has 0 aliphatic rings. The van der Waals surface area contributed by atoms with Crippen molar-refractivity contribution in [2.24, 2.45) is 0 Å². The molecule has 0 heterocycles. The predicted octanol–water partition coefficient (Wildman–Crippen LogP) is 3.14. The second-order valence-electron chi connectivity index (χ2n) is 6.67. The topological polar surface area (TPSA) is 59.6 Å². The lowest BCUT2D eigenvalue weighted by Crippen LogP contribution is -2.27. The van der Waals surface area contributed by atoms with E-state index in [-0.39, 0.29) is 5.91 Å². The van der Waals surface area contributed by atoms with Crippen molar-refractivity contribution in [1.82, 2.24) is 10.6 Å². The van der Waals surface area contributed by atoms with Gasteiger partial charge in [0.2, 0.25) is 13.2 Å². The molecule has 0 rings (SSSR count). The Labute approximate surface area is 174 Å². The SMILES string of the molecule is CC(C)[B]C#CCOCCNC(=O)CCCCOCSSCCNC(C)C. The summed E-state index contributed by atoms with van der Waals surface area (Å²) < 4.78 is 10.9. The van der Waals surface area contributed by atoms with Crippen molar-refractivity contribution >= 4 is 34.8 Å². The van der Waals surface area contributed by atoms with Crippen molar-refractivity contribution in [2.75, 3.05) is 44.6 Å². The van der Waals surface area contributed by atoms with E-state index in [1.807, 2.05) is 18.1 Å². The quantitative estimate of drug-likeness (QED) is 0.125. The molecule has 8 heteroatoms. The fraction of sp³-hybridized carbons (Fsp3) is 0.842. The summed E-state index contributed by atoms with van der Waals surface area (Å²) in [6, 6.07) is 0.546. The third-order valence-corrected chi connectivity index (χ3v) is 5.25. The number of rotatable bonds is 17. The van der Waals surface area contributed by atoms with Gasteiger partial charge in [0.1, 0.15) is 12.5 Å². The number of carbonyl (C=O) groups excluding carboxylic acids is 1. The van der Waals surface area contributed by atoms with Crippen LogP contribution in [0.15, 0.2) is 0 Å². The summed E-state index contributed by atoms with van der Waals surface area (Å²) in [5.74, 6) is 8.19. The molecule has 0 aliphatic heterocycles. The largest absolute Gasteiger partial charge is 0.370 e. The first-order chi connectivity index (χ1) is 13.0. The van der Waals surface area contributed by atoms with Gasteiger partial charge in [-0.3, -0.25) is 4.79 Å². The van der Waals surface area contributed by atoms with Crippen LogP contribution in [-0.4, -0.2) is 63.8 Å². The second kappa shape index (κ2) is 20.4. The van der Waals surface area contributed by atoms with E-state index < -0.39 is 0 Å². The summed E-state index contributed by atoms with van der Waals surface area (Å²) in [4.78, 5) is 11.7. The Morgan fingerprint density at radius 3 is 2.63 bits per heavy atom. The van der Waals surface area contributed by atoms with E-state index in [0.29, 0.717) is 50.6 Å². The lowest BCUT2D eigenvalue weighted by molar-refractivity contribution is -0.121. The standard InChI is InChI=1S/C19H36BN2O3S2/c1-17(2)20-9-7-13-24-14-10-22-19(23)8-5-6-12-25-16-27-26-15-11-21-18(3)4/h17-18,21H,5-6,8,10-16H2,1-4H3,(H,22,23). The molecule has 0 atom stereocenters. The molecule has 0 fully saturated rings. The van der Waals surface area contributed by atoms with Crippen LogP contribution in [0.25, 0.3) is 0 Å². The molecule has 0 aromatic carbocycles. The number of ether oxygens (including phenoxy) is 2. The Balaban J connectivity index is 3.24. The minimum Gasteiger partial charge on any atom is -0.370 e. The van der Waals surface area contributed by atoms with Gasteiger partial charge < -0.3 is 20.1 Å². The third-order valence-electron chi connectivity index (χ3n) is 3.16.